The highest BCUT2D eigenvalue weighted by molar-refractivity contribution is 9.10. The van der Waals surface area contributed by atoms with Crippen LogP contribution in [0, 0.1) is 0 Å². The maximum Gasteiger partial charge on any atom is 0.303 e. The van der Waals surface area contributed by atoms with E-state index in [9.17, 15) is 9.59 Å². The number of hydrogen-bond acceptors (Lipinski definition) is 2. The zero-order chi connectivity index (χ0) is 14.4. The van der Waals surface area contributed by atoms with Crippen molar-refractivity contribution in [2.75, 3.05) is 0 Å². The second-order valence-electron chi connectivity index (χ2n) is 4.27. The number of carbonyl (C=O) groups excluding carboxylic acids is 1. The zero-order valence-corrected chi connectivity index (χ0v) is 12.8. The summed E-state index contributed by atoms with van der Waals surface area (Å²) in [6.45, 7) is 1.41. The molecule has 19 heavy (non-hydrogen) atoms. The van der Waals surface area contributed by atoms with Crippen LogP contribution in [0.2, 0.25) is 5.02 Å². The minimum Gasteiger partial charge on any atom is -0.481 e. The van der Waals surface area contributed by atoms with Crippen molar-refractivity contribution < 1.29 is 14.7 Å². The summed E-state index contributed by atoms with van der Waals surface area (Å²) in [4.78, 5) is 21.7. The Kier molecular flexibility index (Phi) is 6.31. The van der Waals surface area contributed by atoms with Crippen LogP contribution in [0.3, 0.4) is 0 Å². The molecule has 0 radical (unpaired) electrons. The second-order valence-corrected chi connectivity index (χ2v) is 5.59. The number of amides is 1. The van der Waals surface area contributed by atoms with E-state index in [2.05, 4.69) is 21.2 Å². The van der Waals surface area contributed by atoms with E-state index in [1.165, 1.54) is 6.92 Å². The van der Waals surface area contributed by atoms with Gasteiger partial charge in [-0.2, -0.15) is 0 Å². The SMILES string of the molecule is CC(=O)NC(CCC(=O)O)Cc1ccc(Br)cc1Cl. The normalized spacial score (nSPS) is 11.9. The molecule has 104 valence electrons. The van der Waals surface area contributed by atoms with E-state index in [0.29, 0.717) is 17.9 Å². The predicted octanol–water partition coefficient (Wildman–Crippen LogP) is 3.01. The topological polar surface area (TPSA) is 66.4 Å². The Labute approximate surface area is 125 Å². The van der Waals surface area contributed by atoms with Gasteiger partial charge in [-0.25, -0.2) is 0 Å². The van der Waals surface area contributed by atoms with Gasteiger partial charge < -0.3 is 10.4 Å². The molecule has 0 aliphatic heterocycles. The van der Waals surface area contributed by atoms with Gasteiger partial charge in [0.15, 0.2) is 0 Å². The first kappa shape index (κ1) is 16.0. The quantitative estimate of drug-likeness (QED) is 0.830. The Morgan fingerprint density at radius 2 is 2.16 bits per heavy atom. The van der Waals surface area contributed by atoms with E-state index in [1.54, 1.807) is 6.07 Å². The van der Waals surface area contributed by atoms with Crippen molar-refractivity contribution in [2.24, 2.45) is 0 Å². The van der Waals surface area contributed by atoms with Crippen molar-refractivity contribution >= 4 is 39.4 Å². The number of carboxylic acid groups (broad SMARTS) is 1. The van der Waals surface area contributed by atoms with E-state index >= 15 is 0 Å². The molecule has 0 saturated heterocycles. The Hall–Kier alpha value is -1.07. The molecule has 0 fully saturated rings. The number of carbonyl (C=O) groups is 2. The van der Waals surface area contributed by atoms with Crippen LogP contribution in [-0.4, -0.2) is 23.0 Å². The largest absolute Gasteiger partial charge is 0.481 e. The summed E-state index contributed by atoms with van der Waals surface area (Å²) in [6, 6.07) is 5.27. The lowest BCUT2D eigenvalue weighted by molar-refractivity contribution is -0.137. The molecule has 1 unspecified atom stereocenters. The molecule has 1 amide bonds. The third kappa shape index (κ3) is 6.07. The standard InChI is InChI=1S/C13H15BrClNO3/c1-8(17)16-11(4-5-13(18)19)6-9-2-3-10(14)7-12(9)15/h2-3,7,11H,4-6H2,1H3,(H,16,17)(H,18,19). The lowest BCUT2D eigenvalue weighted by Crippen LogP contribution is -2.35. The third-order valence-corrected chi connectivity index (χ3v) is 3.44. The molecule has 1 aromatic carbocycles. The van der Waals surface area contributed by atoms with E-state index in [0.717, 1.165) is 10.0 Å². The molecule has 6 heteroatoms. The van der Waals surface area contributed by atoms with Gasteiger partial charge in [-0.3, -0.25) is 9.59 Å². The monoisotopic (exact) mass is 347 g/mol. The predicted molar refractivity (Wildman–Crippen MR) is 77.3 cm³/mol. The highest BCUT2D eigenvalue weighted by Crippen LogP contribution is 2.23. The van der Waals surface area contributed by atoms with Crippen molar-refractivity contribution in [3.8, 4) is 0 Å². The minimum atomic E-state index is -0.878. The molecule has 0 aliphatic rings. The van der Waals surface area contributed by atoms with Crippen LogP contribution in [0.1, 0.15) is 25.3 Å². The fourth-order valence-electron chi connectivity index (χ4n) is 1.76. The molecule has 4 nitrogen and oxygen atoms in total. The van der Waals surface area contributed by atoms with Crippen LogP contribution in [0.5, 0.6) is 0 Å². The number of rotatable bonds is 6. The molecule has 2 N–H and O–H groups in total. The van der Waals surface area contributed by atoms with Gasteiger partial charge in [-0.1, -0.05) is 33.6 Å². The summed E-state index contributed by atoms with van der Waals surface area (Å²) in [7, 11) is 0. The number of nitrogens with one attached hydrogen (secondary N) is 1. The lowest BCUT2D eigenvalue weighted by Gasteiger charge is -2.18. The van der Waals surface area contributed by atoms with Crippen LogP contribution < -0.4 is 5.32 Å². The van der Waals surface area contributed by atoms with Crippen LogP contribution in [0.4, 0.5) is 0 Å². The third-order valence-electron chi connectivity index (χ3n) is 2.60. The number of hydrogen-bond donors (Lipinski definition) is 2. The van der Waals surface area contributed by atoms with Gasteiger partial charge in [-0.05, 0) is 30.5 Å². The van der Waals surface area contributed by atoms with Crippen LogP contribution in [0.15, 0.2) is 22.7 Å². The average Bonchev–Trinajstić information content (AvgIpc) is 2.28. The van der Waals surface area contributed by atoms with Crippen molar-refractivity contribution in [1.82, 2.24) is 5.32 Å². The van der Waals surface area contributed by atoms with Gasteiger partial charge in [0.1, 0.15) is 0 Å². The first-order chi connectivity index (χ1) is 8.88. The molecular formula is C13H15BrClNO3. The summed E-state index contributed by atoms with van der Waals surface area (Å²) >= 11 is 9.43. The van der Waals surface area contributed by atoms with Crippen LogP contribution in [-0.2, 0) is 16.0 Å². The summed E-state index contributed by atoms with van der Waals surface area (Å²) in [5.41, 5.74) is 0.883. The zero-order valence-electron chi connectivity index (χ0n) is 10.5. The summed E-state index contributed by atoms with van der Waals surface area (Å²) < 4.78 is 0.878. The Balaban J connectivity index is 2.74. The van der Waals surface area contributed by atoms with Crippen molar-refractivity contribution in [3.05, 3.63) is 33.3 Å². The highest BCUT2D eigenvalue weighted by atomic mass is 79.9. The number of benzene rings is 1. The van der Waals surface area contributed by atoms with E-state index < -0.39 is 5.97 Å². The maximum absolute atomic E-state index is 11.1. The molecule has 0 heterocycles. The van der Waals surface area contributed by atoms with Gasteiger partial charge in [-0.15, -0.1) is 0 Å². The smallest absolute Gasteiger partial charge is 0.303 e. The molecule has 1 aromatic rings. The lowest BCUT2D eigenvalue weighted by atomic mass is 10.0. The molecule has 0 aromatic heterocycles. The minimum absolute atomic E-state index is 0.0130. The Morgan fingerprint density at radius 3 is 2.68 bits per heavy atom. The summed E-state index contributed by atoms with van der Waals surface area (Å²) in [6.07, 6.45) is 0.902. The molecule has 0 aliphatic carbocycles. The highest BCUT2D eigenvalue weighted by Gasteiger charge is 2.14. The number of aliphatic carboxylic acids is 1. The van der Waals surface area contributed by atoms with Gasteiger partial charge in [0.2, 0.25) is 5.91 Å². The van der Waals surface area contributed by atoms with Gasteiger partial charge in [0.05, 0.1) is 0 Å². The summed E-state index contributed by atoms with van der Waals surface area (Å²) in [5, 5.41) is 12.1. The molecule has 0 saturated carbocycles. The Morgan fingerprint density at radius 1 is 1.47 bits per heavy atom. The Bertz CT molecular complexity index is 479. The van der Waals surface area contributed by atoms with Gasteiger partial charge in [0, 0.05) is 28.9 Å². The van der Waals surface area contributed by atoms with Crippen LogP contribution >= 0.6 is 27.5 Å². The van der Waals surface area contributed by atoms with Gasteiger partial charge >= 0.3 is 5.97 Å². The number of carboxylic acids is 1. The fraction of sp³-hybridized carbons (Fsp3) is 0.385. The second kappa shape index (κ2) is 7.50. The average molecular weight is 349 g/mol. The van der Waals surface area contributed by atoms with E-state index in [4.69, 9.17) is 16.7 Å². The molecule has 1 atom stereocenters. The molecule has 1 rings (SSSR count). The maximum atomic E-state index is 11.1. The van der Waals surface area contributed by atoms with Crippen molar-refractivity contribution in [1.29, 1.82) is 0 Å². The fourth-order valence-corrected chi connectivity index (χ4v) is 2.51. The molecular weight excluding hydrogens is 334 g/mol. The first-order valence-electron chi connectivity index (χ1n) is 5.81. The van der Waals surface area contributed by atoms with Crippen molar-refractivity contribution in [3.63, 3.8) is 0 Å². The van der Waals surface area contributed by atoms with E-state index in [-0.39, 0.29) is 18.4 Å². The molecule has 0 spiro atoms. The van der Waals surface area contributed by atoms with Crippen molar-refractivity contribution in [2.45, 2.75) is 32.2 Å². The van der Waals surface area contributed by atoms with Gasteiger partial charge in [0.25, 0.3) is 0 Å². The first-order valence-corrected chi connectivity index (χ1v) is 6.98. The van der Waals surface area contributed by atoms with E-state index in [1.807, 2.05) is 12.1 Å². The number of halogens is 2. The summed E-state index contributed by atoms with van der Waals surface area (Å²) in [5.74, 6) is -1.05. The van der Waals surface area contributed by atoms with Crippen LogP contribution in [0.25, 0.3) is 0 Å². The molecule has 0 bridgehead atoms.